The highest BCUT2D eigenvalue weighted by Crippen LogP contribution is 2.43. The maximum atomic E-state index is 4.86. The van der Waals surface area contributed by atoms with Crippen LogP contribution in [-0.4, -0.2) is 46.8 Å². The van der Waals surface area contributed by atoms with E-state index in [1.165, 1.54) is 51.6 Å². The summed E-state index contributed by atoms with van der Waals surface area (Å²) in [7, 11) is 0. The van der Waals surface area contributed by atoms with E-state index in [0.29, 0.717) is 5.41 Å². The van der Waals surface area contributed by atoms with Gasteiger partial charge in [0.05, 0.1) is 0 Å². The lowest BCUT2D eigenvalue weighted by molar-refractivity contribution is 0.203. The number of aliphatic imine (C=N–C) groups is 1. The van der Waals surface area contributed by atoms with E-state index in [-0.39, 0.29) is 24.0 Å². The number of hydrogen-bond donors (Lipinski definition) is 1. The summed E-state index contributed by atoms with van der Waals surface area (Å²) in [6.07, 6.45) is 13.4. The molecule has 1 spiro atoms. The third-order valence-corrected chi connectivity index (χ3v) is 5.35. The molecule has 1 aromatic heterocycles. The van der Waals surface area contributed by atoms with Crippen molar-refractivity contribution < 1.29 is 0 Å². The van der Waals surface area contributed by atoms with Crippen LogP contribution in [0.2, 0.25) is 0 Å². The van der Waals surface area contributed by atoms with Gasteiger partial charge in [-0.15, -0.1) is 24.0 Å². The molecule has 0 aromatic carbocycles. The molecular formula is C18H32IN5. The summed E-state index contributed by atoms with van der Waals surface area (Å²) < 4.78 is 1.98. The van der Waals surface area contributed by atoms with E-state index in [4.69, 9.17) is 4.99 Å². The number of hydrogen-bond acceptors (Lipinski definition) is 2. The van der Waals surface area contributed by atoms with Crippen LogP contribution < -0.4 is 5.32 Å². The molecule has 1 aromatic rings. The van der Waals surface area contributed by atoms with Gasteiger partial charge in [0, 0.05) is 45.1 Å². The van der Waals surface area contributed by atoms with Crippen LogP contribution in [0, 0.1) is 5.41 Å². The number of likely N-dealkylation sites (tertiary alicyclic amines) is 1. The smallest absolute Gasteiger partial charge is 0.193 e. The Balaban J connectivity index is 0.00000208. The average molecular weight is 445 g/mol. The molecule has 2 fully saturated rings. The van der Waals surface area contributed by atoms with E-state index < -0.39 is 0 Å². The Kier molecular flexibility index (Phi) is 7.84. The van der Waals surface area contributed by atoms with Crippen LogP contribution in [0.3, 0.4) is 0 Å². The van der Waals surface area contributed by atoms with Crippen LogP contribution in [-0.2, 0) is 6.54 Å². The third-order valence-electron chi connectivity index (χ3n) is 5.35. The zero-order valence-corrected chi connectivity index (χ0v) is 17.2. The number of halogens is 1. The van der Waals surface area contributed by atoms with Crippen molar-refractivity contribution in [1.29, 1.82) is 0 Å². The molecule has 6 heteroatoms. The van der Waals surface area contributed by atoms with Gasteiger partial charge >= 0.3 is 0 Å². The molecule has 0 atom stereocenters. The van der Waals surface area contributed by atoms with E-state index in [0.717, 1.165) is 32.0 Å². The van der Waals surface area contributed by atoms with E-state index in [1.54, 1.807) is 0 Å². The van der Waals surface area contributed by atoms with Gasteiger partial charge in [-0.1, -0.05) is 19.3 Å². The highest BCUT2D eigenvalue weighted by Gasteiger charge is 2.39. The number of rotatable bonds is 5. The number of guanidine groups is 1. The van der Waals surface area contributed by atoms with E-state index in [1.807, 2.05) is 23.1 Å². The second-order valence-electron chi connectivity index (χ2n) is 7.09. The first-order valence-electron chi connectivity index (χ1n) is 9.32. The lowest BCUT2D eigenvalue weighted by atomic mass is 9.73. The van der Waals surface area contributed by atoms with Crippen LogP contribution in [0.5, 0.6) is 0 Å². The van der Waals surface area contributed by atoms with Crippen molar-refractivity contribution in [3.05, 3.63) is 18.5 Å². The van der Waals surface area contributed by atoms with Crippen molar-refractivity contribution in [3.8, 4) is 0 Å². The van der Waals surface area contributed by atoms with Gasteiger partial charge in [0.2, 0.25) is 0 Å². The molecule has 0 amide bonds. The SMILES string of the molecule is CCNC(=NCCCn1cccn1)N1CCC2(CCCCC2)C1.I. The van der Waals surface area contributed by atoms with Gasteiger partial charge in [-0.05, 0) is 44.1 Å². The quantitative estimate of drug-likeness (QED) is 0.327. The summed E-state index contributed by atoms with van der Waals surface area (Å²) in [6, 6.07) is 1.97. The van der Waals surface area contributed by atoms with Crippen molar-refractivity contribution in [1.82, 2.24) is 20.0 Å². The molecule has 1 saturated carbocycles. The molecule has 1 saturated heterocycles. The van der Waals surface area contributed by atoms with E-state index in [2.05, 4.69) is 22.2 Å². The largest absolute Gasteiger partial charge is 0.357 e. The first-order chi connectivity index (χ1) is 11.3. The van der Waals surface area contributed by atoms with Crippen molar-refractivity contribution in [2.45, 2.75) is 58.4 Å². The van der Waals surface area contributed by atoms with Crippen molar-refractivity contribution in [2.75, 3.05) is 26.2 Å². The zero-order chi connectivity index (χ0) is 16.0. The van der Waals surface area contributed by atoms with Gasteiger partial charge in [0.25, 0.3) is 0 Å². The monoisotopic (exact) mass is 445 g/mol. The standard InChI is InChI=1S/C18H31N5.HI/c1-2-19-17(20-11-6-13-23-14-7-12-21-23)22-15-10-18(16-22)8-4-3-5-9-18;/h7,12,14H,2-6,8-11,13,15-16H2,1H3,(H,19,20);1H. The van der Waals surface area contributed by atoms with Crippen molar-refractivity contribution in [3.63, 3.8) is 0 Å². The average Bonchev–Trinajstić information content (AvgIpc) is 3.22. The molecule has 1 aliphatic carbocycles. The molecule has 1 aliphatic heterocycles. The second-order valence-corrected chi connectivity index (χ2v) is 7.09. The van der Waals surface area contributed by atoms with Gasteiger partial charge < -0.3 is 10.2 Å². The molecule has 1 N–H and O–H groups in total. The van der Waals surface area contributed by atoms with Gasteiger partial charge in [-0.25, -0.2) is 0 Å². The number of aryl methyl sites for hydroxylation is 1. The number of nitrogens with zero attached hydrogens (tertiary/aromatic N) is 4. The fraction of sp³-hybridized carbons (Fsp3) is 0.778. The van der Waals surface area contributed by atoms with Gasteiger partial charge in [-0.2, -0.15) is 5.10 Å². The molecular weight excluding hydrogens is 413 g/mol. The minimum absolute atomic E-state index is 0. The van der Waals surface area contributed by atoms with Crippen molar-refractivity contribution >= 4 is 29.9 Å². The maximum Gasteiger partial charge on any atom is 0.193 e. The van der Waals surface area contributed by atoms with Crippen LogP contribution in [0.1, 0.15) is 51.9 Å². The van der Waals surface area contributed by atoms with E-state index >= 15 is 0 Å². The molecule has 3 rings (SSSR count). The van der Waals surface area contributed by atoms with E-state index in [9.17, 15) is 0 Å². The zero-order valence-electron chi connectivity index (χ0n) is 14.9. The van der Waals surface area contributed by atoms with Crippen LogP contribution in [0.4, 0.5) is 0 Å². The summed E-state index contributed by atoms with van der Waals surface area (Å²) in [5.41, 5.74) is 0.587. The Labute approximate surface area is 163 Å². The third kappa shape index (κ3) is 5.10. The van der Waals surface area contributed by atoms with Gasteiger partial charge in [0.15, 0.2) is 5.96 Å². The Morgan fingerprint density at radius 2 is 2.08 bits per heavy atom. The highest BCUT2D eigenvalue weighted by atomic mass is 127. The number of aromatic nitrogens is 2. The molecule has 24 heavy (non-hydrogen) atoms. The van der Waals surface area contributed by atoms with Crippen molar-refractivity contribution in [2.24, 2.45) is 10.4 Å². The summed E-state index contributed by atoms with van der Waals surface area (Å²) in [6.45, 7) is 7.29. The lowest BCUT2D eigenvalue weighted by Gasteiger charge is -2.33. The minimum Gasteiger partial charge on any atom is -0.357 e. The molecule has 2 aliphatic rings. The fourth-order valence-corrected chi connectivity index (χ4v) is 4.10. The minimum atomic E-state index is 0. The van der Waals surface area contributed by atoms with Crippen LogP contribution in [0.25, 0.3) is 0 Å². The molecule has 136 valence electrons. The second kappa shape index (κ2) is 9.63. The molecule has 0 radical (unpaired) electrons. The summed E-state index contributed by atoms with van der Waals surface area (Å²) in [5.74, 6) is 1.12. The summed E-state index contributed by atoms with van der Waals surface area (Å²) in [4.78, 5) is 7.37. The summed E-state index contributed by atoms with van der Waals surface area (Å²) >= 11 is 0. The predicted octanol–water partition coefficient (Wildman–Crippen LogP) is 3.51. The van der Waals surface area contributed by atoms with Gasteiger partial charge in [0.1, 0.15) is 0 Å². The Hall–Kier alpha value is -0.790. The maximum absolute atomic E-state index is 4.86. The predicted molar refractivity (Wildman–Crippen MR) is 110 cm³/mol. The fourth-order valence-electron chi connectivity index (χ4n) is 4.10. The molecule has 2 heterocycles. The number of nitrogens with one attached hydrogen (secondary N) is 1. The Morgan fingerprint density at radius 3 is 2.79 bits per heavy atom. The normalized spacial score (nSPS) is 20.2. The highest BCUT2D eigenvalue weighted by molar-refractivity contribution is 14.0. The first kappa shape index (κ1) is 19.5. The molecule has 5 nitrogen and oxygen atoms in total. The Bertz CT molecular complexity index is 494. The lowest BCUT2D eigenvalue weighted by Crippen LogP contribution is -2.41. The Morgan fingerprint density at radius 1 is 1.25 bits per heavy atom. The van der Waals surface area contributed by atoms with Gasteiger partial charge in [-0.3, -0.25) is 9.67 Å². The van der Waals surface area contributed by atoms with Crippen LogP contribution >= 0.6 is 24.0 Å². The first-order valence-corrected chi connectivity index (χ1v) is 9.32. The van der Waals surface area contributed by atoms with Crippen LogP contribution in [0.15, 0.2) is 23.5 Å². The molecule has 0 bridgehead atoms. The topological polar surface area (TPSA) is 45.5 Å². The summed E-state index contributed by atoms with van der Waals surface area (Å²) in [5, 5.41) is 7.74. The molecule has 0 unspecified atom stereocenters.